The Bertz CT molecular complexity index is 1320. The van der Waals surface area contributed by atoms with Crippen LogP contribution in [0, 0.1) is 6.92 Å². The summed E-state index contributed by atoms with van der Waals surface area (Å²) in [4.78, 5) is 28.1. The summed E-state index contributed by atoms with van der Waals surface area (Å²) in [5.41, 5.74) is 2.30. The molecule has 1 atom stereocenters. The van der Waals surface area contributed by atoms with Gasteiger partial charge in [0.2, 0.25) is 0 Å². The number of amides is 1. The van der Waals surface area contributed by atoms with Gasteiger partial charge in [0.05, 0.1) is 23.6 Å². The molecular weight excluding hydrogens is 517 g/mol. The minimum Gasteiger partial charge on any atom is -0.502 e. The Labute approximate surface area is 215 Å². The van der Waals surface area contributed by atoms with E-state index in [1.807, 2.05) is 6.92 Å². The van der Waals surface area contributed by atoms with Crippen molar-refractivity contribution < 1.29 is 19.4 Å². The molecule has 1 heterocycles. The third-order valence-electron chi connectivity index (χ3n) is 5.34. The van der Waals surface area contributed by atoms with E-state index in [2.05, 4.69) is 0 Å². The minimum atomic E-state index is -0.687. The van der Waals surface area contributed by atoms with Crippen molar-refractivity contribution in [1.82, 2.24) is 0 Å². The molecule has 1 aliphatic heterocycles. The Hall–Kier alpha value is -2.64. The summed E-state index contributed by atoms with van der Waals surface area (Å²) < 4.78 is 4.89. The fourth-order valence-corrected chi connectivity index (χ4v) is 5.33. The van der Waals surface area contributed by atoms with Crippen LogP contribution in [0.2, 0.25) is 15.1 Å². The maximum Gasteiger partial charge on any atom is 0.339 e. The molecule has 174 valence electrons. The Morgan fingerprint density at radius 3 is 2.26 bits per heavy atom. The van der Waals surface area contributed by atoms with Gasteiger partial charge < -0.3 is 9.84 Å². The zero-order valence-corrected chi connectivity index (χ0v) is 21.1. The van der Waals surface area contributed by atoms with Gasteiger partial charge in [0.15, 0.2) is 5.76 Å². The van der Waals surface area contributed by atoms with E-state index in [4.69, 9.17) is 39.5 Å². The summed E-state index contributed by atoms with van der Waals surface area (Å²) in [7, 11) is 1.27. The Morgan fingerprint density at radius 1 is 0.971 bits per heavy atom. The highest BCUT2D eigenvalue weighted by Gasteiger charge is 2.43. The summed E-state index contributed by atoms with van der Waals surface area (Å²) in [5.74, 6) is -1.59. The third kappa shape index (κ3) is 4.64. The number of ether oxygens (including phenoxy) is 1. The zero-order valence-electron chi connectivity index (χ0n) is 18.0. The van der Waals surface area contributed by atoms with Crippen molar-refractivity contribution in [2.45, 2.75) is 17.9 Å². The predicted octanol–water partition coefficient (Wildman–Crippen LogP) is 7.39. The molecule has 5 nitrogen and oxygen atoms in total. The zero-order chi connectivity index (χ0) is 24.6. The van der Waals surface area contributed by atoms with E-state index in [-0.39, 0.29) is 5.56 Å². The lowest BCUT2D eigenvalue weighted by atomic mass is 10.0. The van der Waals surface area contributed by atoms with Crippen LogP contribution in [0.25, 0.3) is 0 Å². The van der Waals surface area contributed by atoms with Gasteiger partial charge in [0.1, 0.15) is 0 Å². The van der Waals surface area contributed by atoms with Crippen LogP contribution < -0.4 is 4.90 Å². The van der Waals surface area contributed by atoms with Gasteiger partial charge in [-0.15, -0.1) is 0 Å². The molecule has 0 aromatic heterocycles. The number of carbonyl (C=O) groups is 2. The van der Waals surface area contributed by atoms with Crippen LogP contribution in [0.15, 0.2) is 76.2 Å². The SMILES string of the molecule is COC(=O)c1cc(Cl)ccc1SC1=C(O)C(=O)N(c2cc(Cl)ccc2C)C1c1ccc(Cl)cc1. The summed E-state index contributed by atoms with van der Waals surface area (Å²) >= 11 is 19.5. The second-order valence-corrected chi connectivity index (χ2v) is 9.90. The van der Waals surface area contributed by atoms with Crippen LogP contribution >= 0.6 is 46.6 Å². The van der Waals surface area contributed by atoms with Gasteiger partial charge >= 0.3 is 5.97 Å². The highest BCUT2D eigenvalue weighted by atomic mass is 35.5. The average Bonchev–Trinajstić information content (AvgIpc) is 3.06. The van der Waals surface area contributed by atoms with Gasteiger partial charge in [-0.2, -0.15) is 0 Å². The smallest absolute Gasteiger partial charge is 0.339 e. The van der Waals surface area contributed by atoms with Crippen LogP contribution in [0.1, 0.15) is 27.5 Å². The molecule has 1 amide bonds. The summed E-state index contributed by atoms with van der Waals surface area (Å²) in [5, 5.41) is 12.3. The first-order chi connectivity index (χ1) is 16.2. The number of nitrogens with zero attached hydrogens (tertiary/aromatic N) is 1. The number of thioether (sulfide) groups is 1. The molecule has 0 aliphatic carbocycles. The van der Waals surface area contributed by atoms with Crippen molar-refractivity contribution >= 4 is 64.1 Å². The number of halogens is 3. The van der Waals surface area contributed by atoms with Gasteiger partial charge in [0, 0.05) is 25.7 Å². The average molecular weight is 535 g/mol. The minimum absolute atomic E-state index is 0.222. The Morgan fingerprint density at radius 2 is 1.59 bits per heavy atom. The third-order valence-corrected chi connectivity index (χ3v) is 7.28. The molecule has 0 saturated carbocycles. The van der Waals surface area contributed by atoms with E-state index < -0.39 is 23.7 Å². The number of carbonyl (C=O) groups excluding carboxylic acids is 2. The molecule has 0 bridgehead atoms. The van der Waals surface area contributed by atoms with Gasteiger partial charge in [0.25, 0.3) is 5.91 Å². The van der Waals surface area contributed by atoms with E-state index in [0.717, 1.165) is 22.9 Å². The standard InChI is InChI=1S/C25H18Cl3NO4S/c1-13-3-6-17(28)12-19(13)29-21(14-4-7-15(26)8-5-14)23(22(30)24(29)31)34-20-10-9-16(27)11-18(20)25(32)33-2/h3-12,21,30H,1-2H3. The second kappa shape index (κ2) is 9.92. The van der Waals surface area contributed by atoms with Crippen molar-refractivity contribution in [2.75, 3.05) is 12.0 Å². The molecule has 9 heteroatoms. The first-order valence-corrected chi connectivity index (χ1v) is 12.0. The van der Waals surface area contributed by atoms with E-state index in [0.29, 0.717) is 30.6 Å². The van der Waals surface area contributed by atoms with Crippen LogP contribution in [0.5, 0.6) is 0 Å². The molecule has 3 aromatic rings. The normalized spacial score (nSPS) is 15.7. The molecule has 0 fully saturated rings. The highest BCUT2D eigenvalue weighted by molar-refractivity contribution is 8.03. The largest absolute Gasteiger partial charge is 0.502 e. The predicted molar refractivity (Wildman–Crippen MR) is 136 cm³/mol. The molecule has 0 spiro atoms. The quantitative estimate of drug-likeness (QED) is 0.346. The molecule has 1 N–H and O–H groups in total. The van der Waals surface area contributed by atoms with E-state index in [1.54, 1.807) is 54.6 Å². The van der Waals surface area contributed by atoms with Crippen molar-refractivity contribution in [3.63, 3.8) is 0 Å². The van der Waals surface area contributed by atoms with Gasteiger partial charge in [-0.05, 0) is 60.5 Å². The van der Waals surface area contributed by atoms with E-state index in [9.17, 15) is 14.7 Å². The molecule has 34 heavy (non-hydrogen) atoms. The maximum absolute atomic E-state index is 13.4. The van der Waals surface area contributed by atoms with Gasteiger partial charge in [-0.25, -0.2) is 4.79 Å². The topological polar surface area (TPSA) is 66.8 Å². The number of esters is 1. The number of aliphatic hydroxyl groups is 1. The lowest BCUT2D eigenvalue weighted by molar-refractivity contribution is -0.117. The maximum atomic E-state index is 13.4. The monoisotopic (exact) mass is 533 g/mol. The van der Waals surface area contributed by atoms with Crippen LogP contribution in [0.4, 0.5) is 5.69 Å². The summed E-state index contributed by atoms with van der Waals surface area (Å²) in [6.07, 6.45) is 0. The molecule has 0 radical (unpaired) electrons. The van der Waals surface area contributed by atoms with Crippen molar-refractivity contribution in [1.29, 1.82) is 0 Å². The van der Waals surface area contributed by atoms with Crippen LogP contribution in [0.3, 0.4) is 0 Å². The summed E-state index contributed by atoms with van der Waals surface area (Å²) in [6.45, 7) is 1.86. The van der Waals surface area contributed by atoms with Crippen LogP contribution in [-0.4, -0.2) is 24.1 Å². The fraction of sp³-hybridized carbons (Fsp3) is 0.120. The number of hydrogen-bond donors (Lipinski definition) is 1. The lowest BCUT2D eigenvalue weighted by Crippen LogP contribution is -2.30. The number of aliphatic hydroxyl groups excluding tert-OH is 1. The number of anilines is 1. The van der Waals surface area contributed by atoms with Crippen LogP contribution in [-0.2, 0) is 9.53 Å². The van der Waals surface area contributed by atoms with Crippen molar-refractivity contribution in [3.05, 3.63) is 103 Å². The van der Waals surface area contributed by atoms with Gasteiger partial charge in [-0.1, -0.05) is 64.8 Å². The van der Waals surface area contributed by atoms with Crippen molar-refractivity contribution in [3.8, 4) is 0 Å². The lowest BCUT2D eigenvalue weighted by Gasteiger charge is -2.28. The van der Waals surface area contributed by atoms with E-state index in [1.165, 1.54) is 18.1 Å². The Balaban J connectivity index is 1.87. The number of hydrogen-bond acceptors (Lipinski definition) is 5. The highest BCUT2D eigenvalue weighted by Crippen LogP contribution is 2.49. The molecule has 1 aliphatic rings. The molecular formula is C25H18Cl3NO4S. The number of methoxy groups -OCH3 is 1. The molecule has 4 rings (SSSR count). The molecule has 1 unspecified atom stereocenters. The van der Waals surface area contributed by atoms with Crippen molar-refractivity contribution in [2.24, 2.45) is 0 Å². The number of benzene rings is 3. The number of rotatable bonds is 5. The summed E-state index contributed by atoms with van der Waals surface area (Å²) in [6, 6.07) is 16.3. The first-order valence-electron chi connectivity index (χ1n) is 10.0. The number of aryl methyl sites for hydroxylation is 1. The second-order valence-electron chi connectivity index (χ2n) is 7.51. The fourth-order valence-electron chi connectivity index (χ4n) is 3.70. The van der Waals surface area contributed by atoms with Gasteiger partial charge in [-0.3, -0.25) is 9.69 Å². The molecule has 3 aromatic carbocycles. The molecule has 0 saturated heterocycles. The first kappa shape index (κ1) is 24.5. The van der Waals surface area contributed by atoms with E-state index >= 15 is 0 Å². The Kier molecular flexibility index (Phi) is 7.14.